The van der Waals surface area contributed by atoms with Crippen LogP contribution in [0.5, 0.6) is 0 Å². The Labute approximate surface area is 154 Å². The lowest BCUT2D eigenvalue weighted by molar-refractivity contribution is -0.124. The molecule has 1 aromatic carbocycles. The fraction of sp³-hybridized carbons (Fsp3) is 0.529. The maximum atomic E-state index is 12.2. The van der Waals surface area contributed by atoms with E-state index in [0.29, 0.717) is 12.5 Å². The minimum absolute atomic E-state index is 0.0201. The van der Waals surface area contributed by atoms with Crippen LogP contribution in [0.25, 0.3) is 0 Å². The van der Waals surface area contributed by atoms with Crippen molar-refractivity contribution in [3.63, 3.8) is 0 Å². The molecule has 0 saturated heterocycles. The molecule has 9 heteroatoms. The quantitative estimate of drug-likeness (QED) is 0.579. The zero-order chi connectivity index (χ0) is 19.7. The number of esters is 1. The van der Waals surface area contributed by atoms with Crippen LogP contribution >= 0.6 is 0 Å². The summed E-state index contributed by atoms with van der Waals surface area (Å²) >= 11 is 0. The number of methoxy groups -OCH3 is 1. The summed E-state index contributed by atoms with van der Waals surface area (Å²) in [7, 11) is -2.23. The van der Waals surface area contributed by atoms with E-state index in [9.17, 15) is 18.0 Å². The van der Waals surface area contributed by atoms with Gasteiger partial charge >= 0.3 is 5.97 Å². The molecule has 1 atom stereocenters. The van der Waals surface area contributed by atoms with Gasteiger partial charge in [-0.1, -0.05) is 13.8 Å². The molecule has 1 aromatic rings. The molecule has 1 amide bonds. The highest BCUT2D eigenvalue weighted by molar-refractivity contribution is 7.89. The van der Waals surface area contributed by atoms with Crippen molar-refractivity contribution in [1.82, 2.24) is 10.0 Å². The van der Waals surface area contributed by atoms with Gasteiger partial charge in [-0.05, 0) is 37.1 Å². The molecule has 0 aliphatic carbocycles. The summed E-state index contributed by atoms with van der Waals surface area (Å²) in [5.74, 6) is -0.790. The lowest BCUT2D eigenvalue weighted by Gasteiger charge is -2.13. The Hall–Kier alpha value is -1.97. The minimum atomic E-state index is -3.71. The molecule has 0 aliphatic rings. The number of sulfonamides is 1. The summed E-state index contributed by atoms with van der Waals surface area (Å²) in [5.41, 5.74) is 0.158. The first kappa shape index (κ1) is 22.1. The average molecular weight is 386 g/mol. The molecule has 0 saturated carbocycles. The van der Waals surface area contributed by atoms with Crippen molar-refractivity contribution < 1.29 is 27.5 Å². The molecule has 146 valence electrons. The lowest BCUT2D eigenvalue weighted by atomic mass is 10.2. The number of ether oxygens (including phenoxy) is 2. The standard InChI is InChI=1S/C17H26N2O6S/c1-12(2)9-18-16(20)11-25-17(21)14-5-7-15(8-6-14)26(22,23)19-13(3)10-24-4/h5-8,12-13,19H,9-11H2,1-4H3,(H,18,20)/t13-/m1/s1. The van der Waals surface area contributed by atoms with Crippen LogP contribution in [0.1, 0.15) is 31.1 Å². The van der Waals surface area contributed by atoms with Gasteiger partial charge in [-0.25, -0.2) is 17.9 Å². The van der Waals surface area contributed by atoms with Crippen LogP contribution in [0, 0.1) is 5.92 Å². The first-order valence-electron chi connectivity index (χ1n) is 8.21. The van der Waals surface area contributed by atoms with Crippen LogP contribution in [0.4, 0.5) is 0 Å². The molecule has 0 heterocycles. The predicted octanol–water partition coefficient (Wildman–Crippen LogP) is 0.929. The molecule has 26 heavy (non-hydrogen) atoms. The molecule has 0 radical (unpaired) electrons. The summed E-state index contributed by atoms with van der Waals surface area (Å²) in [6.07, 6.45) is 0. The van der Waals surface area contributed by atoms with Crippen LogP contribution < -0.4 is 10.0 Å². The van der Waals surface area contributed by atoms with Crippen molar-refractivity contribution in [2.75, 3.05) is 26.9 Å². The smallest absolute Gasteiger partial charge is 0.338 e. The maximum absolute atomic E-state index is 12.2. The molecule has 0 unspecified atom stereocenters. The number of carbonyl (C=O) groups is 2. The monoisotopic (exact) mass is 386 g/mol. The third-order valence-electron chi connectivity index (χ3n) is 3.22. The lowest BCUT2D eigenvalue weighted by Crippen LogP contribution is -2.35. The zero-order valence-corrected chi connectivity index (χ0v) is 16.3. The zero-order valence-electron chi connectivity index (χ0n) is 15.4. The van der Waals surface area contributed by atoms with Gasteiger partial charge < -0.3 is 14.8 Å². The van der Waals surface area contributed by atoms with Crippen molar-refractivity contribution in [3.05, 3.63) is 29.8 Å². The molecule has 2 N–H and O–H groups in total. The molecule has 0 bridgehead atoms. The summed E-state index contributed by atoms with van der Waals surface area (Å²) < 4.78 is 36.7. The van der Waals surface area contributed by atoms with Crippen molar-refractivity contribution in [2.24, 2.45) is 5.92 Å². The van der Waals surface area contributed by atoms with Crippen LogP contribution in [0.3, 0.4) is 0 Å². The molecular weight excluding hydrogens is 360 g/mol. The predicted molar refractivity (Wildman–Crippen MR) is 96.2 cm³/mol. The largest absolute Gasteiger partial charge is 0.452 e. The van der Waals surface area contributed by atoms with Gasteiger partial charge in [0.25, 0.3) is 5.91 Å². The Balaban J connectivity index is 2.63. The number of rotatable bonds is 10. The average Bonchev–Trinajstić information content (AvgIpc) is 2.57. The van der Waals surface area contributed by atoms with Gasteiger partial charge in [0.15, 0.2) is 6.61 Å². The van der Waals surface area contributed by atoms with Crippen LogP contribution in [-0.4, -0.2) is 53.2 Å². The molecule has 0 aromatic heterocycles. The molecule has 0 fully saturated rings. The maximum Gasteiger partial charge on any atom is 0.338 e. The molecule has 1 rings (SSSR count). The summed E-state index contributed by atoms with van der Waals surface area (Å²) in [5, 5.41) is 2.63. The van der Waals surface area contributed by atoms with E-state index in [0.717, 1.165) is 0 Å². The Bertz CT molecular complexity index is 700. The van der Waals surface area contributed by atoms with Gasteiger partial charge in [0, 0.05) is 19.7 Å². The number of benzene rings is 1. The van der Waals surface area contributed by atoms with E-state index in [2.05, 4.69) is 10.0 Å². The van der Waals surface area contributed by atoms with Crippen LogP contribution in [0.2, 0.25) is 0 Å². The second-order valence-electron chi connectivity index (χ2n) is 6.28. The van der Waals surface area contributed by atoms with Crippen molar-refractivity contribution >= 4 is 21.9 Å². The second-order valence-corrected chi connectivity index (χ2v) is 7.99. The van der Waals surface area contributed by atoms with Gasteiger partial charge in [-0.3, -0.25) is 4.79 Å². The van der Waals surface area contributed by atoms with E-state index >= 15 is 0 Å². The first-order valence-corrected chi connectivity index (χ1v) is 9.69. The summed E-state index contributed by atoms with van der Waals surface area (Å²) in [4.78, 5) is 23.5. The normalized spacial score (nSPS) is 12.7. The SMILES string of the molecule is COC[C@@H](C)NS(=O)(=O)c1ccc(C(=O)OCC(=O)NCC(C)C)cc1. The second kappa shape index (κ2) is 10.2. The molecule has 0 aliphatic heterocycles. The Kier molecular flexibility index (Phi) is 8.70. The fourth-order valence-corrected chi connectivity index (χ4v) is 3.20. The molecule has 8 nitrogen and oxygen atoms in total. The van der Waals surface area contributed by atoms with Gasteiger partial charge in [0.1, 0.15) is 0 Å². The van der Waals surface area contributed by atoms with Gasteiger partial charge in [0.2, 0.25) is 10.0 Å². The highest BCUT2D eigenvalue weighted by atomic mass is 32.2. The van der Waals surface area contributed by atoms with Gasteiger partial charge in [0.05, 0.1) is 17.1 Å². The van der Waals surface area contributed by atoms with E-state index in [1.165, 1.54) is 31.4 Å². The number of nitrogens with one attached hydrogen (secondary N) is 2. The van der Waals surface area contributed by atoms with E-state index in [4.69, 9.17) is 9.47 Å². The van der Waals surface area contributed by atoms with E-state index in [-0.39, 0.29) is 35.6 Å². The minimum Gasteiger partial charge on any atom is -0.452 e. The van der Waals surface area contributed by atoms with E-state index in [1.807, 2.05) is 13.8 Å². The van der Waals surface area contributed by atoms with Crippen molar-refractivity contribution in [1.29, 1.82) is 0 Å². The van der Waals surface area contributed by atoms with Crippen molar-refractivity contribution in [3.8, 4) is 0 Å². The van der Waals surface area contributed by atoms with E-state index in [1.54, 1.807) is 6.92 Å². The molecule has 0 spiro atoms. The molecular formula is C17H26N2O6S. The third kappa shape index (κ3) is 7.51. The van der Waals surface area contributed by atoms with Crippen LogP contribution in [0.15, 0.2) is 29.2 Å². The van der Waals surface area contributed by atoms with Gasteiger partial charge in [-0.2, -0.15) is 0 Å². The van der Waals surface area contributed by atoms with Gasteiger partial charge in [-0.15, -0.1) is 0 Å². The Morgan fingerprint density at radius 2 is 1.73 bits per heavy atom. The number of carbonyl (C=O) groups excluding carboxylic acids is 2. The number of amides is 1. The van der Waals surface area contributed by atoms with Crippen LogP contribution in [-0.2, 0) is 24.3 Å². The van der Waals surface area contributed by atoms with E-state index < -0.39 is 16.0 Å². The summed E-state index contributed by atoms with van der Waals surface area (Å²) in [6.45, 7) is 5.93. The Morgan fingerprint density at radius 3 is 2.27 bits per heavy atom. The first-order chi connectivity index (χ1) is 12.2. The highest BCUT2D eigenvalue weighted by Crippen LogP contribution is 2.12. The third-order valence-corrected chi connectivity index (χ3v) is 4.82. The Morgan fingerprint density at radius 1 is 1.12 bits per heavy atom. The summed E-state index contributed by atoms with van der Waals surface area (Å²) in [6, 6.07) is 4.89. The fourth-order valence-electron chi connectivity index (χ4n) is 1.97. The number of hydrogen-bond donors (Lipinski definition) is 2. The number of hydrogen-bond acceptors (Lipinski definition) is 6. The topological polar surface area (TPSA) is 111 Å². The van der Waals surface area contributed by atoms with Crippen molar-refractivity contribution in [2.45, 2.75) is 31.7 Å². The highest BCUT2D eigenvalue weighted by Gasteiger charge is 2.18.